The number of hydrogen-bond donors (Lipinski definition) is 3. The Bertz CT molecular complexity index is 254. The highest BCUT2D eigenvalue weighted by atomic mass is 35.5. The average Bonchev–Trinajstić information content (AvgIpc) is 2.54. The van der Waals surface area contributed by atoms with E-state index in [9.17, 15) is 0 Å². The van der Waals surface area contributed by atoms with Gasteiger partial charge in [0.2, 0.25) is 0 Å². The lowest BCUT2D eigenvalue weighted by Gasteiger charge is -2.13. The van der Waals surface area contributed by atoms with E-state index in [0.717, 1.165) is 9.21 Å². The van der Waals surface area contributed by atoms with E-state index in [1.807, 2.05) is 12.1 Å². The number of nitrogens with two attached hydrogens (primary N) is 1. The molecule has 0 fully saturated rings. The second kappa shape index (κ2) is 5.57. The number of hydrogen-bond acceptors (Lipinski definition) is 4. The fourth-order valence-corrected chi connectivity index (χ4v) is 2.20. The maximum Gasteiger partial charge on any atom is 0.0931 e. The number of thiophene rings is 1. The molecule has 1 atom stereocenters. The number of rotatable bonds is 5. The topological polar surface area (TPSA) is 58.3 Å². The molecule has 3 nitrogen and oxygen atoms in total. The summed E-state index contributed by atoms with van der Waals surface area (Å²) in [6.07, 6.45) is 0. The van der Waals surface area contributed by atoms with E-state index in [4.69, 9.17) is 22.4 Å². The Hall–Kier alpha value is -0.130. The molecule has 0 aliphatic carbocycles. The van der Waals surface area contributed by atoms with Gasteiger partial charge in [-0.15, -0.1) is 11.3 Å². The van der Waals surface area contributed by atoms with Crippen LogP contribution >= 0.6 is 22.9 Å². The third-order valence-electron chi connectivity index (χ3n) is 1.68. The van der Waals surface area contributed by atoms with E-state index < -0.39 is 0 Å². The van der Waals surface area contributed by atoms with Crippen LogP contribution in [0.15, 0.2) is 12.1 Å². The van der Waals surface area contributed by atoms with Gasteiger partial charge in [0, 0.05) is 18.0 Å². The summed E-state index contributed by atoms with van der Waals surface area (Å²) in [5.74, 6) is 0. The molecule has 5 heteroatoms. The summed E-state index contributed by atoms with van der Waals surface area (Å²) in [6.45, 7) is 1.18. The van der Waals surface area contributed by atoms with Crippen LogP contribution in [0.3, 0.4) is 0 Å². The van der Waals surface area contributed by atoms with Crippen LogP contribution in [-0.2, 0) is 0 Å². The van der Waals surface area contributed by atoms with Crippen molar-refractivity contribution in [3.05, 3.63) is 21.3 Å². The quantitative estimate of drug-likeness (QED) is 0.694. The molecule has 1 heterocycles. The average molecular weight is 221 g/mol. The molecule has 1 aromatic rings. The first-order chi connectivity index (χ1) is 6.27. The summed E-state index contributed by atoms with van der Waals surface area (Å²) >= 11 is 7.31. The zero-order valence-electron chi connectivity index (χ0n) is 7.16. The summed E-state index contributed by atoms with van der Waals surface area (Å²) < 4.78 is 0.763. The predicted molar refractivity (Wildman–Crippen MR) is 56.2 cm³/mol. The molecule has 74 valence electrons. The van der Waals surface area contributed by atoms with Crippen LogP contribution in [0.25, 0.3) is 0 Å². The molecule has 0 aliphatic heterocycles. The molecule has 1 unspecified atom stereocenters. The predicted octanol–water partition coefficient (Wildman–Crippen LogP) is 0.983. The maximum atomic E-state index is 8.64. The largest absolute Gasteiger partial charge is 0.395 e. The van der Waals surface area contributed by atoms with E-state index >= 15 is 0 Å². The number of aliphatic hydroxyl groups is 1. The van der Waals surface area contributed by atoms with Crippen LogP contribution in [0.2, 0.25) is 4.34 Å². The lowest BCUT2D eigenvalue weighted by Crippen LogP contribution is -2.29. The molecule has 1 aromatic heterocycles. The number of aliphatic hydroxyl groups excluding tert-OH is 1. The Morgan fingerprint density at radius 3 is 2.85 bits per heavy atom. The number of halogens is 1. The molecule has 0 amide bonds. The van der Waals surface area contributed by atoms with Crippen molar-refractivity contribution >= 4 is 22.9 Å². The minimum atomic E-state index is 0.102. The van der Waals surface area contributed by atoms with Crippen molar-refractivity contribution in [1.82, 2.24) is 5.32 Å². The van der Waals surface area contributed by atoms with Crippen LogP contribution in [0, 0.1) is 0 Å². The summed E-state index contributed by atoms with van der Waals surface area (Å²) in [6, 6.07) is 3.91. The van der Waals surface area contributed by atoms with Gasteiger partial charge in [-0.3, -0.25) is 0 Å². The first-order valence-corrected chi connectivity index (χ1v) is 5.27. The molecule has 0 radical (unpaired) electrons. The molecule has 0 saturated heterocycles. The summed E-state index contributed by atoms with van der Waals surface area (Å²) in [7, 11) is 0. The third-order valence-corrected chi connectivity index (χ3v) is 3.02. The molecule has 4 N–H and O–H groups in total. The van der Waals surface area contributed by atoms with Crippen LogP contribution in [0.5, 0.6) is 0 Å². The summed E-state index contributed by atoms with van der Waals surface area (Å²) in [5, 5.41) is 11.8. The monoisotopic (exact) mass is 220 g/mol. The lowest BCUT2D eigenvalue weighted by atomic mass is 10.2. The molecule has 0 saturated carbocycles. The molecule has 0 spiro atoms. The van der Waals surface area contributed by atoms with E-state index in [2.05, 4.69) is 5.32 Å². The zero-order chi connectivity index (χ0) is 9.68. The Morgan fingerprint density at radius 1 is 1.62 bits per heavy atom. The van der Waals surface area contributed by atoms with Crippen molar-refractivity contribution in [3.8, 4) is 0 Å². The van der Waals surface area contributed by atoms with Gasteiger partial charge < -0.3 is 16.2 Å². The van der Waals surface area contributed by atoms with Crippen LogP contribution in [0.1, 0.15) is 10.9 Å². The van der Waals surface area contributed by atoms with Gasteiger partial charge in [-0.2, -0.15) is 0 Å². The first kappa shape index (κ1) is 10.9. The Morgan fingerprint density at radius 2 is 2.38 bits per heavy atom. The molecule has 1 rings (SSSR count). The highest BCUT2D eigenvalue weighted by Crippen LogP contribution is 2.26. The van der Waals surface area contributed by atoms with Gasteiger partial charge in [0.1, 0.15) is 0 Å². The van der Waals surface area contributed by atoms with Crippen LogP contribution in [0.4, 0.5) is 0 Å². The minimum absolute atomic E-state index is 0.102. The van der Waals surface area contributed by atoms with Crippen LogP contribution in [-0.4, -0.2) is 24.8 Å². The van der Waals surface area contributed by atoms with Crippen molar-refractivity contribution in [2.24, 2.45) is 5.73 Å². The molecule has 0 aliphatic rings. The molecule has 13 heavy (non-hydrogen) atoms. The van der Waals surface area contributed by atoms with Crippen LogP contribution < -0.4 is 11.1 Å². The van der Waals surface area contributed by atoms with Gasteiger partial charge in [0.15, 0.2) is 0 Å². The molecule has 0 aromatic carbocycles. The van der Waals surface area contributed by atoms with Crippen molar-refractivity contribution in [2.45, 2.75) is 6.04 Å². The maximum absolute atomic E-state index is 8.64. The normalized spacial score (nSPS) is 13.2. The van der Waals surface area contributed by atoms with Crippen molar-refractivity contribution in [2.75, 3.05) is 19.7 Å². The van der Waals surface area contributed by atoms with Gasteiger partial charge in [0.05, 0.1) is 17.0 Å². The SMILES string of the molecule is NCC(NCCO)c1ccc(Cl)s1. The third kappa shape index (κ3) is 3.25. The Labute approximate surface area is 86.5 Å². The highest BCUT2D eigenvalue weighted by Gasteiger charge is 2.10. The summed E-state index contributed by atoms with van der Waals surface area (Å²) in [5.41, 5.74) is 5.57. The lowest BCUT2D eigenvalue weighted by molar-refractivity contribution is 0.285. The first-order valence-electron chi connectivity index (χ1n) is 4.07. The van der Waals surface area contributed by atoms with E-state index in [1.54, 1.807) is 0 Å². The van der Waals surface area contributed by atoms with Crippen molar-refractivity contribution < 1.29 is 5.11 Å². The molecular weight excluding hydrogens is 208 g/mol. The van der Waals surface area contributed by atoms with E-state index in [-0.39, 0.29) is 12.6 Å². The second-order valence-corrected chi connectivity index (χ2v) is 4.35. The van der Waals surface area contributed by atoms with E-state index in [0.29, 0.717) is 13.1 Å². The van der Waals surface area contributed by atoms with Gasteiger partial charge in [0.25, 0.3) is 0 Å². The van der Waals surface area contributed by atoms with Gasteiger partial charge in [-0.1, -0.05) is 11.6 Å². The van der Waals surface area contributed by atoms with Crippen molar-refractivity contribution in [3.63, 3.8) is 0 Å². The second-order valence-electron chi connectivity index (χ2n) is 2.61. The smallest absolute Gasteiger partial charge is 0.0931 e. The molecular formula is C8H13ClN2OS. The standard InChI is InChI=1S/C8H13ClN2OS/c9-8-2-1-7(13-8)6(5-10)11-3-4-12/h1-2,6,11-12H,3-5,10H2. The fourth-order valence-electron chi connectivity index (χ4n) is 1.05. The van der Waals surface area contributed by atoms with Gasteiger partial charge in [-0.25, -0.2) is 0 Å². The number of nitrogens with one attached hydrogen (secondary N) is 1. The summed E-state index contributed by atoms with van der Waals surface area (Å²) in [4.78, 5) is 1.11. The zero-order valence-corrected chi connectivity index (χ0v) is 8.74. The highest BCUT2D eigenvalue weighted by molar-refractivity contribution is 7.16. The van der Waals surface area contributed by atoms with Gasteiger partial charge >= 0.3 is 0 Å². The minimum Gasteiger partial charge on any atom is -0.395 e. The Balaban J connectivity index is 2.56. The fraction of sp³-hybridized carbons (Fsp3) is 0.500. The Kier molecular flexibility index (Phi) is 4.69. The molecule has 0 bridgehead atoms. The van der Waals surface area contributed by atoms with E-state index in [1.165, 1.54) is 11.3 Å². The van der Waals surface area contributed by atoms with Gasteiger partial charge in [-0.05, 0) is 12.1 Å². The van der Waals surface area contributed by atoms with Crippen molar-refractivity contribution in [1.29, 1.82) is 0 Å².